The number of thioether (sulfide) groups is 1. The Bertz CT molecular complexity index is 2360. The summed E-state index contributed by atoms with van der Waals surface area (Å²) in [6.45, 7) is 4.00. The molecule has 4 heterocycles. The van der Waals surface area contributed by atoms with E-state index >= 15 is 0 Å². The zero-order valence-electron chi connectivity index (χ0n) is 45.2. The van der Waals surface area contributed by atoms with E-state index in [1.165, 1.54) is 24.4 Å². The van der Waals surface area contributed by atoms with E-state index in [1.54, 1.807) is 6.07 Å². The number of hydrogen-bond donors (Lipinski definition) is 3. The third-order valence-corrected chi connectivity index (χ3v) is 14.9. The second-order valence-corrected chi connectivity index (χ2v) is 21.5. The first-order valence-electron chi connectivity index (χ1n) is 26.5. The van der Waals surface area contributed by atoms with Crippen LogP contribution in [-0.2, 0) is 88.4 Å². The molecule has 1 aromatic carbocycles. The highest BCUT2D eigenvalue weighted by Gasteiger charge is 2.38. The van der Waals surface area contributed by atoms with Crippen molar-refractivity contribution in [1.29, 1.82) is 0 Å². The van der Waals surface area contributed by atoms with E-state index in [1.807, 2.05) is 23.1 Å². The number of benzene rings is 1. The molecular formula is C52H75N5O20PS-. The Morgan fingerprint density at radius 2 is 1.63 bits per heavy atom. The summed E-state index contributed by atoms with van der Waals surface area (Å²) in [7, 11) is -3.31. The monoisotopic (exact) mass is 1150 g/mol. The molecule has 2 saturated heterocycles. The number of nitrogens with one attached hydrogen (secondary N) is 2. The standard InChI is InChI=1S/C52H76N5O20PS/c1-36(58)74-33-43(77-37(2)59)34-76-78(66,67)75-19-15-53-47(60)35-72-24-23-69-20-18-57-49(62)32-46(52(57)65)79-28-27-71-22-21-70-25-26-73-44-10-7-40(30-45(44)68-3)41(31-50(63)64)29-38-12-16-56(17-13-38)48(61)11-9-42-8-6-39-5-4-14-54-51(39)55-42/h6-8,10,30,38,41,43,46H,4-5,9,11-29,31-35H2,1-3H3,(H,53,60)(H,54,55)(H,63,64)(H,66,67)/p-1. The van der Waals surface area contributed by atoms with Gasteiger partial charge in [-0.2, -0.15) is 0 Å². The van der Waals surface area contributed by atoms with E-state index in [0.717, 1.165) is 68.1 Å². The number of phosphoric acid groups is 1. The first-order valence-corrected chi connectivity index (χ1v) is 29.0. The average Bonchev–Trinajstić information content (AvgIpc) is 3.70. The SMILES string of the molecule is COc1cc(C(CC(=O)O)CC2CCN(C(=O)CCc3ccc4c(n3)NCCC4)CC2)ccc1OCCOCCOCCSC1CC(=O)N(CCOCCOCC(=O)NCCOP(=O)([O-])OCC(COC(C)=O)OC(C)=O)C1=O. The van der Waals surface area contributed by atoms with Crippen molar-refractivity contribution in [2.24, 2.45) is 5.92 Å². The van der Waals surface area contributed by atoms with Gasteiger partial charge in [-0.25, -0.2) is 4.98 Å². The molecule has 1 aromatic heterocycles. The molecule has 79 heavy (non-hydrogen) atoms. The number of piperidine rings is 1. The van der Waals surface area contributed by atoms with E-state index in [4.69, 9.17) is 42.9 Å². The molecule has 0 radical (unpaired) electrons. The number of anilines is 1. The number of rotatable bonds is 38. The predicted octanol–water partition coefficient (Wildman–Crippen LogP) is 2.69. The maximum absolute atomic E-state index is 13.1. The van der Waals surface area contributed by atoms with Gasteiger partial charge < -0.3 is 72.5 Å². The summed E-state index contributed by atoms with van der Waals surface area (Å²) in [6, 6.07) is 9.63. The molecule has 27 heteroatoms. The number of fused-ring (bicyclic) bond motifs is 1. The Morgan fingerprint density at radius 3 is 2.37 bits per heavy atom. The Balaban J connectivity index is 0.858. The highest BCUT2D eigenvalue weighted by atomic mass is 32.2. The molecule has 3 aliphatic heterocycles. The Labute approximate surface area is 464 Å². The van der Waals surface area contributed by atoms with Crippen LogP contribution in [0.4, 0.5) is 5.82 Å². The highest BCUT2D eigenvalue weighted by Crippen LogP contribution is 2.39. The fourth-order valence-corrected chi connectivity index (χ4v) is 10.6. The zero-order valence-corrected chi connectivity index (χ0v) is 46.9. The van der Waals surface area contributed by atoms with Crippen LogP contribution in [0.2, 0.25) is 0 Å². The Morgan fingerprint density at radius 1 is 0.899 bits per heavy atom. The number of esters is 2. The number of aliphatic carboxylic acids is 1. The average molecular weight is 1150 g/mol. The Hall–Kier alpha value is -5.44. The van der Waals surface area contributed by atoms with Crippen molar-refractivity contribution in [3.63, 3.8) is 0 Å². The van der Waals surface area contributed by atoms with Gasteiger partial charge in [-0.3, -0.25) is 43.0 Å². The number of ether oxygens (including phenoxy) is 8. The highest BCUT2D eigenvalue weighted by molar-refractivity contribution is 8.00. The lowest BCUT2D eigenvalue weighted by atomic mass is 9.82. The number of hydrogen-bond acceptors (Lipinski definition) is 22. The normalized spacial score (nSPS) is 17.0. The third-order valence-electron chi connectivity index (χ3n) is 12.8. The van der Waals surface area contributed by atoms with Gasteiger partial charge >= 0.3 is 17.9 Å². The van der Waals surface area contributed by atoms with Crippen molar-refractivity contribution in [3.05, 3.63) is 47.2 Å². The van der Waals surface area contributed by atoms with E-state index in [0.29, 0.717) is 69.4 Å². The van der Waals surface area contributed by atoms with Crippen LogP contribution in [0, 0.1) is 5.92 Å². The van der Waals surface area contributed by atoms with Crippen molar-refractivity contribution in [2.45, 2.75) is 88.9 Å². The van der Waals surface area contributed by atoms with E-state index in [-0.39, 0.29) is 95.1 Å². The van der Waals surface area contributed by atoms with Crippen LogP contribution in [-0.4, -0.2) is 198 Å². The lowest BCUT2D eigenvalue weighted by molar-refractivity contribution is -0.228. The number of pyridine rings is 1. The molecule has 25 nitrogen and oxygen atoms in total. The van der Waals surface area contributed by atoms with Crippen LogP contribution < -0.4 is 25.0 Å². The molecule has 0 bridgehead atoms. The number of imide groups is 1. The van der Waals surface area contributed by atoms with Crippen LogP contribution >= 0.6 is 19.6 Å². The molecule has 3 N–H and O–H groups in total. The maximum Gasteiger partial charge on any atom is 0.303 e. The number of amides is 4. The fourth-order valence-electron chi connectivity index (χ4n) is 8.84. The molecule has 2 aromatic rings. The molecule has 5 rings (SSSR count). The van der Waals surface area contributed by atoms with Crippen LogP contribution in [0.3, 0.4) is 0 Å². The predicted molar refractivity (Wildman–Crippen MR) is 282 cm³/mol. The number of aromatic nitrogens is 1. The second-order valence-electron chi connectivity index (χ2n) is 18.8. The number of carbonyl (C=O) groups is 7. The molecule has 2 fully saturated rings. The molecule has 440 valence electrons. The summed E-state index contributed by atoms with van der Waals surface area (Å²) in [5.41, 5.74) is 2.99. The van der Waals surface area contributed by atoms with Crippen LogP contribution in [0.25, 0.3) is 0 Å². The minimum Gasteiger partial charge on any atom is -0.756 e. The van der Waals surface area contributed by atoms with Crippen LogP contribution in [0.1, 0.15) is 81.5 Å². The lowest BCUT2D eigenvalue weighted by Crippen LogP contribution is -2.39. The first-order chi connectivity index (χ1) is 38.0. The molecule has 4 amide bonds. The van der Waals surface area contributed by atoms with Gasteiger partial charge in [0, 0.05) is 64.3 Å². The topological polar surface area (TPSA) is 316 Å². The number of aryl methyl sites for hydroxylation is 2. The summed E-state index contributed by atoms with van der Waals surface area (Å²) in [5, 5.41) is 15.0. The van der Waals surface area contributed by atoms with E-state index in [2.05, 4.69) is 25.7 Å². The number of methoxy groups -OCH3 is 1. The molecule has 3 aliphatic rings. The summed E-state index contributed by atoms with van der Waals surface area (Å²) < 4.78 is 64.5. The number of carboxylic acids is 1. The lowest BCUT2D eigenvalue weighted by Gasteiger charge is -2.34. The van der Waals surface area contributed by atoms with Gasteiger partial charge in [0.05, 0.1) is 84.8 Å². The summed E-state index contributed by atoms with van der Waals surface area (Å²) in [4.78, 5) is 105. The minimum atomic E-state index is -4.84. The zero-order chi connectivity index (χ0) is 57.0. The fraction of sp³-hybridized carbons (Fsp3) is 0.654. The summed E-state index contributed by atoms with van der Waals surface area (Å²) >= 11 is 1.33. The number of phosphoric ester groups is 1. The summed E-state index contributed by atoms with van der Waals surface area (Å²) in [5.74, 6) is -0.901. The molecule has 0 saturated carbocycles. The second kappa shape index (κ2) is 34.6. The maximum atomic E-state index is 13.1. The quantitative estimate of drug-likeness (QED) is 0.0377. The van der Waals surface area contributed by atoms with Gasteiger partial charge in [-0.05, 0) is 79.7 Å². The van der Waals surface area contributed by atoms with Crippen LogP contribution in [0.15, 0.2) is 30.3 Å². The van der Waals surface area contributed by atoms with Gasteiger partial charge in [0.2, 0.25) is 23.6 Å². The van der Waals surface area contributed by atoms with Gasteiger partial charge in [-0.1, -0.05) is 12.1 Å². The summed E-state index contributed by atoms with van der Waals surface area (Å²) in [6.07, 6.45) is 4.26. The van der Waals surface area contributed by atoms with E-state index < -0.39 is 62.8 Å². The van der Waals surface area contributed by atoms with Gasteiger partial charge in [0.15, 0.2) is 17.6 Å². The number of carboxylic acid groups (broad SMARTS) is 1. The number of likely N-dealkylation sites (tertiary alicyclic amines) is 2. The minimum absolute atomic E-state index is 0.0238. The molecular weight excluding hydrogens is 1080 g/mol. The van der Waals surface area contributed by atoms with Gasteiger partial charge in [0.1, 0.15) is 25.6 Å². The molecule has 0 spiro atoms. The van der Waals surface area contributed by atoms with E-state index in [9.17, 15) is 48.1 Å². The van der Waals surface area contributed by atoms with Crippen LogP contribution in [0.5, 0.6) is 11.5 Å². The van der Waals surface area contributed by atoms with Gasteiger partial charge in [-0.15, -0.1) is 11.8 Å². The Kier molecular flexibility index (Phi) is 28.2. The van der Waals surface area contributed by atoms with Crippen molar-refractivity contribution < 1.29 is 95.1 Å². The molecule has 0 aliphatic carbocycles. The molecule has 4 unspecified atom stereocenters. The largest absolute Gasteiger partial charge is 0.756 e. The first kappa shape index (κ1) is 64.4. The van der Waals surface area contributed by atoms with Crippen molar-refractivity contribution in [3.8, 4) is 11.5 Å². The van der Waals surface area contributed by atoms with Crippen molar-refractivity contribution in [2.75, 3.05) is 130 Å². The van der Waals surface area contributed by atoms with Gasteiger partial charge in [0.25, 0.3) is 7.82 Å². The smallest absolute Gasteiger partial charge is 0.303 e. The molecule has 4 atom stereocenters. The van der Waals surface area contributed by atoms with Crippen molar-refractivity contribution >= 4 is 66.9 Å². The number of carbonyl (C=O) groups excluding carboxylic acids is 6. The number of nitrogens with zero attached hydrogens (tertiary/aromatic N) is 3. The third kappa shape index (κ3) is 24.1. The van der Waals surface area contributed by atoms with Crippen molar-refractivity contribution in [1.82, 2.24) is 20.1 Å².